The monoisotopic (exact) mass is 418 g/mol. The van der Waals surface area contributed by atoms with Crippen LogP contribution in [0.3, 0.4) is 0 Å². The van der Waals surface area contributed by atoms with E-state index in [9.17, 15) is 14.4 Å². The third kappa shape index (κ3) is 6.43. The van der Waals surface area contributed by atoms with Crippen molar-refractivity contribution in [3.63, 3.8) is 0 Å². The summed E-state index contributed by atoms with van der Waals surface area (Å²) in [4.78, 5) is 35.9. The Bertz CT molecular complexity index is 1050. The summed E-state index contributed by atoms with van der Waals surface area (Å²) < 4.78 is 10.1. The van der Waals surface area contributed by atoms with Crippen molar-refractivity contribution >= 4 is 23.5 Å². The number of hydrogen-bond donors (Lipinski definition) is 2. The Morgan fingerprint density at radius 2 is 1.58 bits per heavy atom. The highest BCUT2D eigenvalue weighted by Crippen LogP contribution is 2.14. The lowest BCUT2D eigenvalue weighted by atomic mass is 10.2. The number of rotatable bonds is 8. The average Bonchev–Trinajstić information content (AvgIpc) is 2.82. The zero-order valence-corrected chi connectivity index (χ0v) is 17.0. The highest BCUT2D eigenvalue weighted by atomic mass is 16.5. The molecule has 31 heavy (non-hydrogen) atoms. The molecule has 3 rings (SSSR count). The molecule has 0 atom stereocenters. The molecule has 0 unspecified atom stereocenters. The standard InChI is InChI=1S/C24H22N2O5/c1-30-24(29)18-10-12-20(13-11-18)26-22(27)16-31-21-9-5-8-19(14-21)23(28)25-15-17-6-3-2-4-7-17/h2-14H,15-16H2,1H3,(H,25,28)(H,26,27). The number of ether oxygens (including phenoxy) is 2. The topological polar surface area (TPSA) is 93.7 Å². The molecule has 0 radical (unpaired) electrons. The maximum absolute atomic E-state index is 12.4. The van der Waals surface area contributed by atoms with Crippen molar-refractivity contribution in [1.29, 1.82) is 0 Å². The van der Waals surface area contributed by atoms with E-state index in [0.29, 0.717) is 29.1 Å². The Morgan fingerprint density at radius 3 is 2.29 bits per heavy atom. The predicted molar refractivity (Wildman–Crippen MR) is 116 cm³/mol. The quantitative estimate of drug-likeness (QED) is 0.547. The lowest BCUT2D eigenvalue weighted by Crippen LogP contribution is -2.23. The van der Waals surface area contributed by atoms with E-state index in [1.54, 1.807) is 48.5 Å². The van der Waals surface area contributed by atoms with E-state index >= 15 is 0 Å². The predicted octanol–water partition coefficient (Wildman–Crippen LogP) is 3.42. The minimum atomic E-state index is -0.450. The average molecular weight is 418 g/mol. The van der Waals surface area contributed by atoms with Crippen LogP contribution in [0.5, 0.6) is 5.75 Å². The minimum Gasteiger partial charge on any atom is -0.484 e. The van der Waals surface area contributed by atoms with E-state index in [2.05, 4.69) is 15.4 Å². The summed E-state index contributed by atoms with van der Waals surface area (Å²) in [6, 6.07) is 22.5. The van der Waals surface area contributed by atoms with Crippen LogP contribution in [-0.4, -0.2) is 31.5 Å². The second kappa shape index (κ2) is 10.6. The van der Waals surface area contributed by atoms with Gasteiger partial charge in [-0.1, -0.05) is 36.4 Å². The number of esters is 1. The maximum atomic E-state index is 12.4. The molecule has 0 aromatic heterocycles. The van der Waals surface area contributed by atoms with E-state index in [0.717, 1.165) is 5.56 Å². The van der Waals surface area contributed by atoms with Crippen LogP contribution in [-0.2, 0) is 16.1 Å². The summed E-state index contributed by atoms with van der Waals surface area (Å²) in [5.74, 6) is -0.647. The molecule has 0 aliphatic carbocycles. The highest BCUT2D eigenvalue weighted by Gasteiger charge is 2.09. The van der Waals surface area contributed by atoms with Gasteiger partial charge in [0.15, 0.2) is 6.61 Å². The van der Waals surface area contributed by atoms with Crippen LogP contribution in [0.15, 0.2) is 78.9 Å². The zero-order valence-electron chi connectivity index (χ0n) is 17.0. The van der Waals surface area contributed by atoms with Gasteiger partial charge in [0, 0.05) is 17.8 Å². The third-order valence-electron chi connectivity index (χ3n) is 4.35. The molecule has 0 heterocycles. The summed E-state index contributed by atoms with van der Waals surface area (Å²) in [6.45, 7) is 0.190. The molecule has 0 saturated carbocycles. The van der Waals surface area contributed by atoms with E-state index in [1.807, 2.05) is 30.3 Å². The molecule has 0 aliphatic rings. The van der Waals surface area contributed by atoms with Gasteiger partial charge >= 0.3 is 5.97 Å². The number of nitrogens with one attached hydrogen (secondary N) is 2. The molecule has 7 nitrogen and oxygen atoms in total. The Hall–Kier alpha value is -4.13. The second-order valence-electron chi connectivity index (χ2n) is 6.60. The van der Waals surface area contributed by atoms with Crippen molar-refractivity contribution in [3.8, 4) is 5.75 Å². The fourth-order valence-electron chi connectivity index (χ4n) is 2.76. The first-order valence-electron chi connectivity index (χ1n) is 9.58. The van der Waals surface area contributed by atoms with E-state index in [-0.39, 0.29) is 18.4 Å². The van der Waals surface area contributed by atoms with Crippen LogP contribution in [0.1, 0.15) is 26.3 Å². The van der Waals surface area contributed by atoms with Crippen molar-refractivity contribution in [2.75, 3.05) is 19.0 Å². The first-order valence-corrected chi connectivity index (χ1v) is 9.58. The molecule has 0 saturated heterocycles. The Kier molecular flexibility index (Phi) is 7.37. The van der Waals surface area contributed by atoms with Crippen LogP contribution >= 0.6 is 0 Å². The van der Waals surface area contributed by atoms with Crippen molar-refractivity contribution in [2.24, 2.45) is 0 Å². The molecule has 0 aliphatic heterocycles. The Labute approximate surface area is 180 Å². The van der Waals surface area contributed by atoms with Crippen LogP contribution in [0, 0.1) is 0 Å². The van der Waals surface area contributed by atoms with Crippen molar-refractivity contribution in [1.82, 2.24) is 5.32 Å². The number of carbonyl (C=O) groups is 3. The maximum Gasteiger partial charge on any atom is 0.337 e. The molecule has 0 bridgehead atoms. The molecule has 158 valence electrons. The molecule has 3 aromatic rings. The van der Waals surface area contributed by atoms with Gasteiger partial charge in [-0.25, -0.2) is 4.79 Å². The molecule has 7 heteroatoms. The number of carbonyl (C=O) groups excluding carboxylic acids is 3. The number of hydrogen-bond acceptors (Lipinski definition) is 5. The van der Waals surface area contributed by atoms with Gasteiger partial charge < -0.3 is 20.1 Å². The van der Waals surface area contributed by atoms with Crippen molar-refractivity contribution in [2.45, 2.75) is 6.54 Å². The van der Waals surface area contributed by atoms with Crippen LogP contribution in [0.4, 0.5) is 5.69 Å². The van der Waals surface area contributed by atoms with Gasteiger partial charge in [-0.2, -0.15) is 0 Å². The van der Waals surface area contributed by atoms with E-state index < -0.39 is 5.97 Å². The van der Waals surface area contributed by atoms with Gasteiger partial charge in [0.2, 0.25) is 0 Å². The summed E-state index contributed by atoms with van der Waals surface area (Å²) in [5.41, 5.74) is 2.35. The molecular weight excluding hydrogens is 396 g/mol. The molecule has 2 N–H and O–H groups in total. The summed E-state index contributed by atoms with van der Waals surface area (Å²) in [5, 5.41) is 5.53. The first-order chi connectivity index (χ1) is 15.0. The summed E-state index contributed by atoms with van der Waals surface area (Å²) in [6.07, 6.45) is 0. The number of anilines is 1. The van der Waals surface area contributed by atoms with E-state index in [4.69, 9.17) is 4.74 Å². The zero-order chi connectivity index (χ0) is 22.1. The number of benzene rings is 3. The smallest absolute Gasteiger partial charge is 0.337 e. The van der Waals surface area contributed by atoms with Gasteiger partial charge in [-0.15, -0.1) is 0 Å². The van der Waals surface area contributed by atoms with Gasteiger partial charge in [0.25, 0.3) is 11.8 Å². The van der Waals surface area contributed by atoms with Gasteiger partial charge in [-0.05, 0) is 48.0 Å². The minimum absolute atomic E-state index is 0.228. The van der Waals surface area contributed by atoms with Crippen LogP contribution in [0.2, 0.25) is 0 Å². The molecule has 0 spiro atoms. The number of methoxy groups -OCH3 is 1. The van der Waals surface area contributed by atoms with Gasteiger partial charge in [0.05, 0.1) is 12.7 Å². The van der Waals surface area contributed by atoms with Crippen LogP contribution in [0.25, 0.3) is 0 Å². The fraction of sp³-hybridized carbons (Fsp3) is 0.125. The Morgan fingerprint density at radius 1 is 0.839 bits per heavy atom. The van der Waals surface area contributed by atoms with Crippen LogP contribution < -0.4 is 15.4 Å². The van der Waals surface area contributed by atoms with Gasteiger partial charge in [-0.3, -0.25) is 9.59 Å². The largest absolute Gasteiger partial charge is 0.484 e. The Balaban J connectivity index is 1.50. The third-order valence-corrected chi connectivity index (χ3v) is 4.35. The second-order valence-corrected chi connectivity index (χ2v) is 6.60. The summed E-state index contributed by atoms with van der Waals surface area (Å²) >= 11 is 0. The lowest BCUT2D eigenvalue weighted by molar-refractivity contribution is -0.118. The normalized spacial score (nSPS) is 10.1. The van der Waals surface area contributed by atoms with Gasteiger partial charge in [0.1, 0.15) is 5.75 Å². The first kappa shape index (κ1) is 21.6. The van der Waals surface area contributed by atoms with E-state index in [1.165, 1.54) is 7.11 Å². The highest BCUT2D eigenvalue weighted by molar-refractivity contribution is 5.95. The molecule has 3 aromatic carbocycles. The molecule has 2 amide bonds. The lowest BCUT2D eigenvalue weighted by Gasteiger charge is -2.10. The fourth-order valence-corrected chi connectivity index (χ4v) is 2.76. The van der Waals surface area contributed by atoms with Crippen molar-refractivity contribution < 1.29 is 23.9 Å². The van der Waals surface area contributed by atoms with Crippen molar-refractivity contribution in [3.05, 3.63) is 95.6 Å². The summed E-state index contributed by atoms with van der Waals surface area (Å²) in [7, 11) is 1.30. The molecular formula is C24H22N2O5. The SMILES string of the molecule is COC(=O)c1ccc(NC(=O)COc2cccc(C(=O)NCc3ccccc3)c2)cc1. The molecule has 0 fully saturated rings. The number of amides is 2.